The Hall–Kier alpha value is -3.10. The highest BCUT2D eigenvalue weighted by molar-refractivity contribution is 5.98. The number of methoxy groups -OCH3 is 1. The first-order valence-electron chi connectivity index (χ1n) is 7.52. The molecule has 0 saturated carbocycles. The zero-order valence-electron chi connectivity index (χ0n) is 13.6. The van der Waals surface area contributed by atoms with Crippen molar-refractivity contribution in [2.24, 2.45) is 5.73 Å². The molecule has 1 heterocycles. The lowest BCUT2D eigenvalue weighted by Crippen LogP contribution is -2.35. The highest BCUT2D eigenvalue weighted by atomic mass is 16.5. The first kappa shape index (κ1) is 18.2. The fourth-order valence-corrected chi connectivity index (χ4v) is 2.26. The summed E-state index contributed by atoms with van der Waals surface area (Å²) in [4.78, 5) is 47.2. The number of esters is 1. The maximum absolute atomic E-state index is 12.0. The van der Waals surface area contributed by atoms with E-state index in [0.717, 1.165) is 4.90 Å². The van der Waals surface area contributed by atoms with Gasteiger partial charge in [-0.1, -0.05) is 0 Å². The molecule has 1 saturated heterocycles. The minimum absolute atomic E-state index is 0.129. The lowest BCUT2D eigenvalue weighted by molar-refractivity contribution is -0.143. The van der Waals surface area contributed by atoms with Crippen molar-refractivity contribution in [1.82, 2.24) is 4.90 Å². The van der Waals surface area contributed by atoms with Crippen molar-refractivity contribution < 1.29 is 33.4 Å². The van der Waals surface area contributed by atoms with Crippen LogP contribution in [-0.2, 0) is 19.1 Å². The van der Waals surface area contributed by atoms with E-state index in [1.807, 2.05) is 0 Å². The monoisotopic (exact) mass is 350 g/mol. The number of likely N-dealkylation sites (tertiary alicyclic amines) is 1. The van der Waals surface area contributed by atoms with Gasteiger partial charge in [-0.3, -0.25) is 19.3 Å². The fraction of sp³-hybridized carbons (Fsp3) is 0.375. The molecule has 2 rings (SSSR count). The molecule has 0 aliphatic carbocycles. The fourth-order valence-electron chi connectivity index (χ4n) is 2.26. The van der Waals surface area contributed by atoms with Gasteiger partial charge in [-0.2, -0.15) is 0 Å². The van der Waals surface area contributed by atoms with Crippen molar-refractivity contribution in [3.05, 3.63) is 23.8 Å². The number of hydrogen-bond acceptors (Lipinski definition) is 7. The second-order valence-corrected chi connectivity index (χ2v) is 5.24. The van der Waals surface area contributed by atoms with Crippen LogP contribution in [0.5, 0.6) is 11.5 Å². The molecule has 0 spiro atoms. The zero-order chi connectivity index (χ0) is 18.4. The van der Waals surface area contributed by atoms with Crippen LogP contribution < -0.4 is 15.2 Å². The van der Waals surface area contributed by atoms with Crippen LogP contribution in [0.25, 0.3) is 0 Å². The molecule has 1 aromatic carbocycles. The summed E-state index contributed by atoms with van der Waals surface area (Å²) in [5.74, 6) is -1.78. The number of imide groups is 1. The molecule has 2 N–H and O–H groups in total. The lowest BCUT2D eigenvalue weighted by Gasteiger charge is -2.14. The number of nitrogens with two attached hydrogens (primary N) is 1. The molecule has 0 atom stereocenters. The first-order valence-corrected chi connectivity index (χ1v) is 7.52. The minimum atomic E-state index is -0.750. The predicted molar refractivity (Wildman–Crippen MR) is 83.9 cm³/mol. The molecule has 0 unspecified atom stereocenters. The molecule has 0 radical (unpaired) electrons. The lowest BCUT2D eigenvalue weighted by atomic mass is 10.2. The maximum Gasteiger partial charge on any atom is 0.338 e. The highest BCUT2D eigenvalue weighted by Crippen LogP contribution is 2.28. The van der Waals surface area contributed by atoms with Crippen LogP contribution in [0, 0.1) is 0 Å². The van der Waals surface area contributed by atoms with E-state index in [0.29, 0.717) is 19.4 Å². The van der Waals surface area contributed by atoms with Crippen LogP contribution in [0.3, 0.4) is 0 Å². The van der Waals surface area contributed by atoms with Gasteiger partial charge in [-0.25, -0.2) is 4.79 Å². The van der Waals surface area contributed by atoms with E-state index < -0.39 is 24.4 Å². The van der Waals surface area contributed by atoms with Gasteiger partial charge in [0.25, 0.3) is 11.8 Å². The van der Waals surface area contributed by atoms with Gasteiger partial charge >= 0.3 is 5.97 Å². The summed E-state index contributed by atoms with van der Waals surface area (Å²) in [6.45, 7) is -0.514. The van der Waals surface area contributed by atoms with Crippen molar-refractivity contribution in [2.75, 3.05) is 26.9 Å². The van der Waals surface area contributed by atoms with Crippen LogP contribution in [0.4, 0.5) is 0 Å². The quantitative estimate of drug-likeness (QED) is 0.679. The van der Waals surface area contributed by atoms with Gasteiger partial charge < -0.3 is 19.9 Å². The van der Waals surface area contributed by atoms with Crippen LogP contribution in [0.1, 0.15) is 23.2 Å². The van der Waals surface area contributed by atoms with E-state index in [1.54, 1.807) is 0 Å². The summed E-state index contributed by atoms with van der Waals surface area (Å²) >= 11 is 0. The van der Waals surface area contributed by atoms with Gasteiger partial charge in [-0.05, 0) is 24.6 Å². The van der Waals surface area contributed by atoms with Crippen LogP contribution in [0.2, 0.25) is 0 Å². The molecule has 1 fully saturated rings. The van der Waals surface area contributed by atoms with E-state index in [4.69, 9.17) is 19.9 Å². The van der Waals surface area contributed by atoms with E-state index in [-0.39, 0.29) is 29.6 Å². The second-order valence-electron chi connectivity index (χ2n) is 5.24. The van der Waals surface area contributed by atoms with E-state index >= 15 is 0 Å². The molecule has 1 aromatic rings. The van der Waals surface area contributed by atoms with Gasteiger partial charge in [-0.15, -0.1) is 0 Å². The topological polar surface area (TPSA) is 125 Å². The Morgan fingerprint density at radius 3 is 2.56 bits per heavy atom. The summed E-state index contributed by atoms with van der Waals surface area (Å²) in [5.41, 5.74) is 5.13. The average molecular weight is 350 g/mol. The molecule has 1 aliphatic rings. The van der Waals surface area contributed by atoms with Crippen molar-refractivity contribution in [3.8, 4) is 11.5 Å². The van der Waals surface area contributed by atoms with Crippen LogP contribution >= 0.6 is 0 Å². The minimum Gasteiger partial charge on any atom is -0.493 e. The Bertz CT molecular complexity index is 702. The van der Waals surface area contributed by atoms with Crippen molar-refractivity contribution >= 4 is 23.7 Å². The molecule has 3 amide bonds. The summed E-state index contributed by atoms with van der Waals surface area (Å²) in [6.07, 6.45) is 0.937. The standard InChI is InChI=1S/C16H18N2O7/c1-23-12-7-10(4-5-11(12)24-8-13(17)19)16(22)25-9-15(21)18-6-2-3-14(18)20/h4-5,7H,2-3,6,8-9H2,1H3,(H2,17,19). The Kier molecular flexibility index (Phi) is 5.93. The normalized spacial score (nSPS) is 13.5. The summed E-state index contributed by atoms with van der Waals surface area (Å²) in [7, 11) is 1.37. The van der Waals surface area contributed by atoms with Crippen LogP contribution in [-0.4, -0.2) is 55.5 Å². The highest BCUT2D eigenvalue weighted by Gasteiger charge is 2.27. The second kappa shape index (κ2) is 8.13. The van der Waals surface area contributed by atoms with Gasteiger partial charge in [0, 0.05) is 13.0 Å². The van der Waals surface area contributed by atoms with Gasteiger partial charge in [0.2, 0.25) is 5.91 Å². The van der Waals surface area contributed by atoms with Gasteiger partial charge in [0.1, 0.15) is 0 Å². The molecular formula is C16H18N2O7. The number of benzene rings is 1. The smallest absolute Gasteiger partial charge is 0.338 e. The Labute approximate surface area is 143 Å². The van der Waals surface area contributed by atoms with E-state index in [2.05, 4.69) is 0 Å². The molecular weight excluding hydrogens is 332 g/mol. The Morgan fingerprint density at radius 1 is 1.20 bits per heavy atom. The molecule has 0 bridgehead atoms. The Morgan fingerprint density at radius 2 is 1.96 bits per heavy atom. The first-order chi connectivity index (χ1) is 11.9. The number of primary amides is 1. The van der Waals surface area contributed by atoms with Gasteiger partial charge in [0.05, 0.1) is 12.7 Å². The van der Waals surface area contributed by atoms with Gasteiger partial charge in [0.15, 0.2) is 24.7 Å². The average Bonchev–Trinajstić information content (AvgIpc) is 3.03. The SMILES string of the molecule is COc1cc(C(=O)OCC(=O)N2CCCC2=O)ccc1OCC(N)=O. The summed E-state index contributed by atoms with van der Waals surface area (Å²) in [5, 5.41) is 0. The number of ether oxygens (including phenoxy) is 3. The predicted octanol–water partition coefficient (Wildman–Crippen LogP) is -0.135. The summed E-state index contributed by atoms with van der Waals surface area (Å²) < 4.78 is 15.2. The number of carbonyl (C=O) groups is 4. The number of amides is 3. The van der Waals surface area contributed by atoms with Crippen LogP contribution in [0.15, 0.2) is 18.2 Å². The third-order valence-corrected chi connectivity index (χ3v) is 3.47. The molecule has 9 nitrogen and oxygen atoms in total. The van der Waals surface area contributed by atoms with E-state index in [1.165, 1.54) is 25.3 Å². The number of carbonyl (C=O) groups excluding carboxylic acids is 4. The largest absolute Gasteiger partial charge is 0.493 e. The zero-order valence-corrected chi connectivity index (χ0v) is 13.6. The summed E-state index contributed by atoms with van der Waals surface area (Å²) in [6, 6.07) is 4.17. The van der Waals surface area contributed by atoms with Crippen molar-refractivity contribution in [3.63, 3.8) is 0 Å². The number of rotatable bonds is 7. The molecule has 1 aliphatic heterocycles. The molecule has 134 valence electrons. The maximum atomic E-state index is 12.0. The molecule has 9 heteroatoms. The molecule has 0 aromatic heterocycles. The van der Waals surface area contributed by atoms with Crippen molar-refractivity contribution in [1.29, 1.82) is 0 Å². The third-order valence-electron chi connectivity index (χ3n) is 3.47. The Balaban J connectivity index is 1.97. The number of hydrogen-bond donors (Lipinski definition) is 1. The van der Waals surface area contributed by atoms with E-state index in [9.17, 15) is 19.2 Å². The number of nitrogens with zero attached hydrogens (tertiary/aromatic N) is 1. The third kappa shape index (κ3) is 4.69. The van der Waals surface area contributed by atoms with Crippen molar-refractivity contribution in [2.45, 2.75) is 12.8 Å². The molecule has 25 heavy (non-hydrogen) atoms.